The Balaban J connectivity index is 2.62. The fourth-order valence-electron chi connectivity index (χ4n) is 1.86. The minimum atomic E-state index is -0.591. The average molecular weight is 277 g/mol. The molecule has 0 unspecified atom stereocenters. The van der Waals surface area contributed by atoms with Gasteiger partial charge in [0.05, 0.1) is 6.61 Å². The SMILES string of the molecule is C=C(C)C(=O)OCCCc1cccc(C(C)(C)N)c1O. The second kappa shape index (κ2) is 6.57. The summed E-state index contributed by atoms with van der Waals surface area (Å²) in [6, 6.07) is 5.55. The first-order valence-corrected chi connectivity index (χ1v) is 6.66. The first-order chi connectivity index (χ1) is 9.23. The molecule has 0 saturated carbocycles. The molecule has 0 aromatic heterocycles. The molecule has 4 nitrogen and oxygen atoms in total. The van der Waals surface area contributed by atoms with Crippen molar-refractivity contribution >= 4 is 5.97 Å². The maximum atomic E-state index is 11.2. The van der Waals surface area contributed by atoms with Gasteiger partial charge >= 0.3 is 5.97 Å². The van der Waals surface area contributed by atoms with Gasteiger partial charge in [0, 0.05) is 16.7 Å². The summed E-state index contributed by atoms with van der Waals surface area (Å²) in [4.78, 5) is 11.2. The summed E-state index contributed by atoms with van der Waals surface area (Å²) in [5.41, 5.74) is 7.34. The zero-order valence-corrected chi connectivity index (χ0v) is 12.4. The first-order valence-electron chi connectivity index (χ1n) is 6.66. The molecule has 20 heavy (non-hydrogen) atoms. The van der Waals surface area contributed by atoms with Crippen LogP contribution in [0.15, 0.2) is 30.4 Å². The molecule has 0 atom stereocenters. The van der Waals surface area contributed by atoms with Crippen molar-refractivity contribution in [1.29, 1.82) is 0 Å². The molecule has 1 rings (SSSR count). The van der Waals surface area contributed by atoms with E-state index in [9.17, 15) is 9.90 Å². The fraction of sp³-hybridized carbons (Fsp3) is 0.438. The number of aryl methyl sites for hydroxylation is 1. The maximum Gasteiger partial charge on any atom is 0.333 e. The third-order valence-electron chi connectivity index (χ3n) is 2.99. The van der Waals surface area contributed by atoms with Crippen molar-refractivity contribution in [2.24, 2.45) is 5.73 Å². The number of para-hydroxylation sites is 1. The van der Waals surface area contributed by atoms with Crippen LogP contribution in [0.25, 0.3) is 0 Å². The Morgan fingerprint density at radius 1 is 1.45 bits per heavy atom. The number of benzene rings is 1. The van der Waals surface area contributed by atoms with Crippen molar-refractivity contribution in [2.45, 2.75) is 39.2 Å². The molecule has 0 saturated heterocycles. The summed E-state index contributed by atoms with van der Waals surface area (Å²) in [5, 5.41) is 10.2. The third kappa shape index (κ3) is 4.38. The molecule has 4 heteroatoms. The number of rotatable bonds is 6. The lowest BCUT2D eigenvalue weighted by molar-refractivity contribution is -0.139. The minimum Gasteiger partial charge on any atom is -0.507 e. The quantitative estimate of drug-likeness (QED) is 0.476. The number of carbonyl (C=O) groups is 1. The molecular weight excluding hydrogens is 254 g/mol. The van der Waals surface area contributed by atoms with E-state index in [0.29, 0.717) is 30.6 Å². The zero-order chi connectivity index (χ0) is 15.3. The second-order valence-electron chi connectivity index (χ2n) is 5.55. The number of hydrogen-bond acceptors (Lipinski definition) is 4. The van der Waals surface area contributed by atoms with E-state index in [1.165, 1.54) is 0 Å². The second-order valence-corrected chi connectivity index (χ2v) is 5.55. The molecule has 0 aliphatic heterocycles. The molecule has 0 fully saturated rings. The normalized spacial score (nSPS) is 11.2. The van der Waals surface area contributed by atoms with Crippen LogP contribution in [0.4, 0.5) is 0 Å². The predicted octanol–water partition coefficient (Wildman–Crippen LogP) is 2.64. The van der Waals surface area contributed by atoms with E-state index >= 15 is 0 Å². The Kier molecular flexibility index (Phi) is 5.34. The van der Waals surface area contributed by atoms with E-state index in [1.54, 1.807) is 6.92 Å². The van der Waals surface area contributed by atoms with Crippen molar-refractivity contribution < 1.29 is 14.6 Å². The molecule has 0 radical (unpaired) electrons. The highest BCUT2D eigenvalue weighted by Gasteiger charge is 2.19. The van der Waals surface area contributed by atoms with Gasteiger partial charge in [-0.2, -0.15) is 0 Å². The van der Waals surface area contributed by atoms with Crippen LogP contribution in [0, 0.1) is 0 Å². The molecule has 110 valence electrons. The summed E-state index contributed by atoms with van der Waals surface area (Å²) in [5.74, 6) is -0.155. The van der Waals surface area contributed by atoms with Gasteiger partial charge in [-0.15, -0.1) is 0 Å². The number of esters is 1. The smallest absolute Gasteiger partial charge is 0.333 e. The van der Waals surface area contributed by atoms with E-state index in [-0.39, 0.29) is 11.7 Å². The van der Waals surface area contributed by atoms with E-state index < -0.39 is 5.54 Å². The fourth-order valence-corrected chi connectivity index (χ4v) is 1.86. The Bertz CT molecular complexity index is 501. The number of hydrogen-bond donors (Lipinski definition) is 2. The van der Waals surface area contributed by atoms with Gasteiger partial charge < -0.3 is 15.6 Å². The van der Waals surface area contributed by atoms with Crippen molar-refractivity contribution in [3.63, 3.8) is 0 Å². The Morgan fingerprint density at radius 3 is 2.65 bits per heavy atom. The van der Waals surface area contributed by atoms with Gasteiger partial charge in [-0.05, 0) is 39.2 Å². The van der Waals surface area contributed by atoms with Crippen molar-refractivity contribution in [3.05, 3.63) is 41.5 Å². The number of nitrogens with two attached hydrogens (primary N) is 1. The van der Waals surface area contributed by atoms with Crippen LogP contribution in [0.2, 0.25) is 0 Å². The Labute approximate surface area is 120 Å². The molecule has 0 bridgehead atoms. The standard InChI is InChI=1S/C16H23NO3/c1-11(2)15(19)20-10-6-8-12-7-5-9-13(14(12)18)16(3,4)17/h5,7,9,18H,1,6,8,10,17H2,2-4H3. The predicted molar refractivity (Wildman–Crippen MR) is 79.4 cm³/mol. The number of aromatic hydroxyl groups is 1. The summed E-state index contributed by atoms with van der Waals surface area (Å²) in [7, 11) is 0. The van der Waals surface area contributed by atoms with Gasteiger partial charge in [0.15, 0.2) is 0 Å². The van der Waals surface area contributed by atoms with E-state index in [2.05, 4.69) is 6.58 Å². The highest BCUT2D eigenvalue weighted by atomic mass is 16.5. The van der Waals surface area contributed by atoms with E-state index in [0.717, 1.165) is 5.56 Å². The lowest BCUT2D eigenvalue weighted by Gasteiger charge is -2.21. The van der Waals surface area contributed by atoms with Crippen LogP contribution < -0.4 is 5.73 Å². The Morgan fingerprint density at radius 2 is 2.10 bits per heavy atom. The summed E-state index contributed by atoms with van der Waals surface area (Å²) in [6.45, 7) is 9.13. The molecule has 0 heterocycles. The summed E-state index contributed by atoms with van der Waals surface area (Å²) >= 11 is 0. The van der Waals surface area contributed by atoms with Crippen molar-refractivity contribution in [3.8, 4) is 5.75 Å². The highest BCUT2D eigenvalue weighted by Crippen LogP contribution is 2.30. The summed E-state index contributed by atoms with van der Waals surface area (Å²) < 4.78 is 5.02. The van der Waals surface area contributed by atoms with E-state index in [4.69, 9.17) is 10.5 Å². The Hall–Kier alpha value is -1.81. The van der Waals surface area contributed by atoms with Crippen molar-refractivity contribution in [1.82, 2.24) is 0 Å². The van der Waals surface area contributed by atoms with Crippen molar-refractivity contribution in [2.75, 3.05) is 6.61 Å². The van der Waals surface area contributed by atoms with Gasteiger partial charge in [0.1, 0.15) is 5.75 Å². The zero-order valence-electron chi connectivity index (χ0n) is 12.4. The van der Waals surface area contributed by atoms with Crippen LogP contribution in [0.3, 0.4) is 0 Å². The molecule has 0 aliphatic rings. The first kappa shape index (κ1) is 16.2. The van der Waals surface area contributed by atoms with Gasteiger partial charge in [-0.25, -0.2) is 4.79 Å². The molecule has 1 aromatic rings. The molecular formula is C16H23NO3. The largest absolute Gasteiger partial charge is 0.507 e. The molecule has 0 aliphatic carbocycles. The van der Waals surface area contributed by atoms with Gasteiger partial charge in [-0.1, -0.05) is 24.8 Å². The molecule has 0 amide bonds. The average Bonchev–Trinajstić information content (AvgIpc) is 2.34. The van der Waals surface area contributed by atoms with Crippen LogP contribution in [0.1, 0.15) is 38.3 Å². The lowest BCUT2D eigenvalue weighted by atomic mass is 9.92. The number of ether oxygens (including phenoxy) is 1. The van der Waals surface area contributed by atoms with Crippen LogP contribution >= 0.6 is 0 Å². The maximum absolute atomic E-state index is 11.2. The number of phenols is 1. The van der Waals surface area contributed by atoms with Gasteiger partial charge in [0.2, 0.25) is 0 Å². The molecule has 3 N–H and O–H groups in total. The summed E-state index contributed by atoms with van der Waals surface area (Å²) in [6.07, 6.45) is 1.26. The van der Waals surface area contributed by atoms with Crippen LogP contribution in [-0.4, -0.2) is 17.7 Å². The number of carbonyl (C=O) groups excluding carboxylic acids is 1. The van der Waals surface area contributed by atoms with Crippen LogP contribution in [-0.2, 0) is 21.5 Å². The number of phenolic OH excluding ortho intramolecular Hbond substituents is 1. The highest BCUT2D eigenvalue weighted by molar-refractivity contribution is 5.86. The minimum absolute atomic E-state index is 0.228. The van der Waals surface area contributed by atoms with Gasteiger partial charge in [-0.3, -0.25) is 0 Å². The molecule has 0 spiro atoms. The topological polar surface area (TPSA) is 72.5 Å². The van der Waals surface area contributed by atoms with Gasteiger partial charge in [0.25, 0.3) is 0 Å². The molecule has 1 aromatic carbocycles. The third-order valence-corrected chi connectivity index (χ3v) is 2.99. The monoisotopic (exact) mass is 277 g/mol. The van der Waals surface area contributed by atoms with E-state index in [1.807, 2.05) is 32.0 Å². The van der Waals surface area contributed by atoms with Crippen LogP contribution in [0.5, 0.6) is 5.75 Å². The lowest BCUT2D eigenvalue weighted by Crippen LogP contribution is -2.28.